The molecule has 0 aliphatic carbocycles. The second kappa shape index (κ2) is 60.4. The highest BCUT2D eigenvalue weighted by molar-refractivity contribution is 5.76. The van der Waals surface area contributed by atoms with Gasteiger partial charge < -0.3 is 20.3 Å². The van der Waals surface area contributed by atoms with Gasteiger partial charge in [-0.05, 0) is 25.7 Å². The molecule has 0 aromatic carbocycles. The Bertz CT molecular complexity index is 1010. The van der Waals surface area contributed by atoms with Gasteiger partial charge in [0.15, 0.2) is 0 Å². The summed E-state index contributed by atoms with van der Waals surface area (Å²) in [5.41, 5.74) is 0. The number of hydrogen-bond acceptors (Lipinski definition) is 5. The van der Waals surface area contributed by atoms with Gasteiger partial charge >= 0.3 is 5.97 Å². The third-order valence-corrected chi connectivity index (χ3v) is 15.4. The van der Waals surface area contributed by atoms with E-state index in [0.717, 1.165) is 38.5 Å². The second-order valence-corrected chi connectivity index (χ2v) is 22.5. The summed E-state index contributed by atoms with van der Waals surface area (Å²) in [6.07, 6.45) is 71.1. The van der Waals surface area contributed by atoms with Crippen LogP contribution in [0.5, 0.6) is 0 Å². The van der Waals surface area contributed by atoms with Crippen LogP contribution in [-0.2, 0) is 14.3 Å². The number of esters is 1. The first-order valence-electron chi connectivity index (χ1n) is 32.3. The molecular weight excluding hydrogens is 863 g/mol. The number of rotatable bonds is 61. The minimum Gasteiger partial charge on any atom is -0.466 e. The molecule has 6 nitrogen and oxygen atoms in total. The van der Waals surface area contributed by atoms with Crippen LogP contribution in [0.25, 0.3) is 0 Å². The number of carbonyl (C=O) groups excluding carboxylic acids is 2. The Morgan fingerprint density at radius 3 is 0.871 bits per heavy atom. The number of amides is 1. The van der Waals surface area contributed by atoms with Gasteiger partial charge in [0, 0.05) is 12.8 Å². The Morgan fingerprint density at radius 1 is 0.343 bits per heavy atom. The molecule has 0 bridgehead atoms. The molecular formula is C64H127NO5. The van der Waals surface area contributed by atoms with Crippen LogP contribution >= 0.6 is 0 Å². The molecule has 0 spiro atoms. The number of nitrogens with one attached hydrogen (secondary N) is 1. The standard InChI is InChI=1S/C64H127NO5/c1-3-5-7-9-11-13-15-17-19-20-21-22-25-29-32-36-40-44-48-52-56-62(67)61(60-66)65-63(68)57-53-49-45-41-37-33-30-26-23-24-27-31-35-39-43-47-51-55-59-70-64(69)58-54-50-46-42-38-34-28-18-16-14-12-10-8-6-4-2/h61-62,66-67H,3-60H2,1-2H3,(H,65,68). The summed E-state index contributed by atoms with van der Waals surface area (Å²) in [4.78, 5) is 24.6. The van der Waals surface area contributed by atoms with Crippen LogP contribution in [0, 0.1) is 0 Å². The maximum absolute atomic E-state index is 12.5. The molecule has 0 radical (unpaired) electrons. The summed E-state index contributed by atoms with van der Waals surface area (Å²) in [5.74, 6) is -0.0225. The van der Waals surface area contributed by atoms with E-state index in [4.69, 9.17) is 4.74 Å². The lowest BCUT2D eigenvalue weighted by Crippen LogP contribution is -2.45. The van der Waals surface area contributed by atoms with Crippen molar-refractivity contribution < 1.29 is 24.5 Å². The maximum Gasteiger partial charge on any atom is 0.305 e. The zero-order valence-electron chi connectivity index (χ0n) is 47.8. The number of carbonyl (C=O) groups is 2. The Hall–Kier alpha value is -1.14. The lowest BCUT2D eigenvalue weighted by molar-refractivity contribution is -0.143. The molecule has 0 saturated heterocycles. The van der Waals surface area contributed by atoms with E-state index in [2.05, 4.69) is 19.2 Å². The van der Waals surface area contributed by atoms with Crippen LogP contribution in [0.1, 0.15) is 373 Å². The normalized spacial score (nSPS) is 12.5. The average Bonchev–Trinajstić information content (AvgIpc) is 3.36. The fourth-order valence-electron chi connectivity index (χ4n) is 10.5. The van der Waals surface area contributed by atoms with Gasteiger partial charge in [-0.2, -0.15) is 0 Å². The van der Waals surface area contributed by atoms with Crippen molar-refractivity contribution in [2.24, 2.45) is 0 Å². The number of aliphatic hydroxyl groups excluding tert-OH is 2. The Labute approximate surface area is 438 Å². The largest absolute Gasteiger partial charge is 0.466 e. The fourth-order valence-corrected chi connectivity index (χ4v) is 10.5. The lowest BCUT2D eigenvalue weighted by Gasteiger charge is -2.22. The van der Waals surface area contributed by atoms with Gasteiger partial charge in [0.25, 0.3) is 0 Å². The molecule has 0 aromatic rings. The van der Waals surface area contributed by atoms with Crippen LogP contribution in [0.2, 0.25) is 0 Å². The summed E-state index contributed by atoms with van der Waals surface area (Å²) in [7, 11) is 0. The van der Waals surface area contributed by atoms with Crippen molar-refractivity contribution in [3.8, 4) is 0 Å². The number of hydrogen-bond donors (Lipinski definition) is 3. The second-order valence-electron chi connectivity index (χ2n) is 22.5. The van der Waals surface area contributed by atoms with Crippen molar-refractivity contribution in [2.75, 3.05) is 13.2 Å². The third-order valence-electron chi connectivity index (χ3n) is 15.4. The summed E-state index contributed by atoms with van der Waals surface area (Å²) < 4.78 is 5.49. The van der Waals surface area contributed by atoms with Crippen molar-refractivity contribution in [1.82, 2.24) is 5.32 Å². The van der Waals surface area contributed by atoms with Gasteiger partial charge in [-0.3, -0.25) is 9.59 Å². The maximum atomic E-state index is 12.5. The minimum absolute atomic E-state index is 0.0117. The van der Waals surface area contributed by atoms with Gasteiger partial charge in [0.1, 0.15) is 0 Å². The van der Waals surface area contributed by atoms with Crippen LogP contribution < -0.4 is 5.32 Å². The van der Waals surface area contributed by atoms with E-state index in [9.17, 15) is 19.8 Å². The first-order valence-corrected chi connectivity index (χ1v) is 32.3. The quantitative estimate of drug-likeness (QED) is 0.0417. The SMILES string of the molecule is CCCCCCCCCCCCCCCCCCCCCCC(O)C(CO)NC(=O)CCCCCCCCCCCCCCCCCCCCOC(=O)CCCCCCCCCCCCCCCCC. The van der Waals surface area contributed by atoms with Crippen LogP contribution in [0.3, 0.4) is 0 Å². The molecule has 0 fully saturated rings. The van der Waals surface area contributed by atoms with Crippen molar-refractivity contribution in [1.29, 1.82) is 0 Å². The summed E-state index contributed by atoms with van der Waals surface area (Å²) >= 11 is 0. The number of ether oxygens (including phenoxy) is 1. The molecule has 0 aromatic heterocycles. The van der Waals surface area contributed by atoms with E-state index in [-0.39, 0.29) is 18.5 Å². The molecule has 2 unspecified atom stereocenters. The molecule has 6 heteroatoms. The van der Waals surface area contributed by atoms with Crippen LogP contribution in [-0.4, -0.2) is 47.4 Å². The highest BCUT2D eigenvalue weighted by Crippen LogP contribution is 2.19. The number of unbranched alkanes of at least 4 members (excludes halogenated alkanes) is 50. The average molecular weight is 991 g/mol. The first-order chi connectivity index (χ1) is 34.5. The Balaban J connectivity index is 3.39. The predicted octanol–water partition coefficient (Wildman–Crippen LogP) is 20.3. The van der Waals surface area contributed by atoms with E-state index in [1.54, 1.807) is 0 Å². The molecule has 2 atom stereocenters. The molecule has 0 aliphatic rings. The minimum atomic E-state index is -0.667. The Morgan fingerprint density at radius 2 is 0.586 bits per heavy atom. The molecule has 70 heavy (non-hydrogen) atoms. The zero-order chi connectivity index (χ0) is 50.7. The van der Waals surface area contributed by atoms with E-state index in [1.807, 2.05) is 0 Å². The molecule has 0 aliphatic heterocycles. The third kappa shape index (κ3) is 56.2. The first kappa shape index (κ1) is 68.9. The topological polar surface area (TPSA) is 95.9 Å². The van der Waals surface area contributed by atoms with Crippen molar-refractivity contribution in [3.05, 3.63) is 0 Å². The summed E-state index contributed by atoms with van der Waals surface area (Å²) in [6, 6.07) is -0.544. The Kier molecular flexibility index (Phi) is 59.4. The van der Waals surface area contributed by atoms with Gasteiger partial charge in [0.05, 0.1) is 25.4 Å². The molecule has 0 heterocycles. The van der Waals surface area contributed by atoms with Gasteiger partial charge in [-0.25, -0.2) is 0 Å². The summed E-state index contributed by atoms with van der Waals surface area (Å²) in [6.45, 7) is 4.99. The monoisotopic (exact) mass is 990 g/mol. The summed E-state index contributed by atoms with van der Waals surface area (Å²) in [5, 5.41) is 23.4. The van der Waals surface area contributed by atoms with E-state index in [0.29, 0.717) is 25.9 Å². The molecule has 3 N–H and O–H groups in total. The predicted molar refractivity (Wildman–Crippen MR) is 306 cm³/mol. The molecule has 0 rings (SSSR count). The van der Waals surface area contributed by atoms with Gasteiger partial charge in [-0.15, -0.1) is 0 Å². The molecule has 0 saturated carbocycles. The molecule has 418 valence electrons. The number of aliphatic hydroxyl groups is 2. The van der Waals surface area contributed by atoms with Crippen molar-refractivity contribution >= 4 is 11.9 Å². The van der Waals surface area contributed by atoms with E-state index >= 15 is 0 Å². The van der Waals surface area contributed by atoms with E-state index in [1.165, 1.54) is 302 Å². The van der Waals surface area contributed by atoms with Gasteiger partial charge in [0.2, 0.25) is 5.91 Å². The van der Waals surface area contributed by atoms with Crippen molar-refractivity contribution in [2.45, 2.75) is 386 Å². The van der Waals surface area contributed by atoms with Crippen LogP contribution in [0.4, 0.5) is 0 Å². The lowest BCUT2D eigenvalue weighted by atomic mass is 10.0. The fraction of sp³-hybridized carbons (Fsp3) is 0.969. The highest BCUT2D eigenvalue weighted by atomic mass is 16.5. The van der Waals surface area contributed by atoms with E-state index < -0.39 is 12.1 Å². The van der Waals surface area contributed by atoms with Crippen LogP contribution in [0.15, 0.2) is 0 Å². The zero-order valence-corrected chi connectivity index (χ0v) is 47.8. The highest BCUT2D eigenvalue weighted by Gasteiger charge is 2.20. The smallest absolute Gasteiger partial charge is 0.305 e. The van der Waals surface area contributed by atoms with Crippen molar-refractivity contribution in [3.63, 3.8) is 0 Å². The molecule has 1 amide bonds. The van der Waals surface area contributed by atoms with Gasteiger partial charge in [-0.1, -0.05) is 335 Å².